The van der Waals surface area contributed by atoms with Gasteiger partial charge in [0.05, 0.1) is 18.4 Å². The zero-order valence-corrected chi connectivity index (χ0v) is 14.4. The van der Waals surface area contributed by atoms with E-state index in [2.05, 4.69) is 33.9 Å². The smallest absolute Gasteiger partial charge is 0.225 e. The fraction of sp³-hybridized carbons (Fsp3) is 0.421. The molecule has 2 aromatic rings. The molecule has 5 nitrogen and oxygen atoms in total. The van der Waals surface area contributed by atoms with E-state index in [-0.39, 0.29) is 11.9 Å². The number of anilines is 1. The van der Waals surface area contributed by atoms with Crippen LogP contribution in [0, 0.1) is 24.6 Å². The molecule has 2 aliphatic rings. The number of amides is 1. The molecule has 3 heterocycles. The van der Waals surface area contributed by atoms with Crippen molar-refractivity contribution in [2.75, 3.05) is 24.5 Å². The molecule has 130 valence electrons. The molecule has 0 aliphatic carbocycles. The van der Waals surface area contributed by atoms with Gasteiger partial charge in [-0.25, -0.2) is 14.4 Å². The number of fused-ring (bicyclic) bond motifs is 1. The molecular formula is C19H21FN4O. The summed E-state index contributed by atoms with van der Waals surface area (Å²) in [7, 11) is 0. The van der Waals surface area contributed by atoms with Crippen LogP contribution in [0.3, 0.4) is 0 Å². The lowest BCUT2D eigenvalue weighted by molar-refractivity contribution is -0.130. The number of hydrogen-bond acceptors (Lipinski definition) is 4. The lowest BCUT2D eigenvalue weighted by Crippen LogP contribution is -2.35. The van der Waals surface area contributed by atoms with Gasteiger partial charge in [0.1, 0.15) is 0 Å². The van der Waals surface area contributed by atoms with Crippen molar-refractivity contribution in [1.29, 1.82) is 0 Å². The van der Waals surface area contributed by atoms with Gasteiger partial charge in [0.2, 0.25) is 11.9 Å². The topological polar surface area (TPSA) is 49.3 Å². The highest BCUT2D eigenvalue weighted by Gasteiger charge is 2.49. The van der Waals surface area contributed by atoms with Gasteiger partial charge in [0.25, 0.3) is 0 Å². The van der Waals surface area contributed by atoms with Crippen LogP contribution in [0.25, 0.3) is 0 Å². The Morgan fingerprint density at radius 1 is 1.16 bits per heavy atom. The molecule has 1 amide bonds. The predicted octanol–water partition coefficient (Wildman–Crippen LogP) is 2.58. The molecule has 0 unspecified atom stereocenters. The maximum Gasteiger partial charge on any atom is 0.225 e. The third-order valence-electron chi connectivity index (χ3n) is 5.47. The first-order valence-corrected chi connectivity index (χ1v) is 8.60. The van der Waals surface area contributed by atoms with E-state index in [0.29, 0.717) is 17.8 Å². The summed E-state index contributed by atoms with van der Waals surface area (Å²) in [4.78, 5) is 24.5. The largest absolute Gasteiger partial charge is 0.340 e. The zero-order chi connectivity index (χ0) is 17.6. The van der Waals surface area contributed by atoms with E-state index in [0.717, 1.165) is 19.6 Å². The number of aromatic nitrogens is 2. The van der Waals surface area contributed by atoms with Crippen LogP contribution >= 0.6 is 0 Å². The molecule has 6 heteroatoms. The summed E-state index contributed by atoms with van der Waals surface area (Å²) in [6.45, 7) is 6.06. The van der Waals surface area contributed by atoms with Crippen molar-refractivity contribution in [3.63, 3.8) is 0 Å². The number of benzene rings is 1. The van der Waals surface area contributed by atoms with Gasteiger partial charge >= 0.3 is 0 Å². The lowest BCUT2D eigenvalue weighted by Gasteiger charge is -2.30. The first kappa shape index (κ1) is 16.0. The summed E-state index contributed by atoms with van der Waals surface area (Å²) in [5.41, 5.74) is 2.42. The van der Waals surface area contributed by atoms with Crippen molar-refractivity contribution >= 4 is 11.9 Å². The minimum Gasteiger partial charge on any atom is -0.340 e. The zero-order valence-electron chi connectivity index (χ0n) is 14.4. The van der Waals surface area contributed by atoms with E-state index in [1.54, 1.807) is 6.92 Å². The molecule has 0 bridgehead atoms. The second-order valence-corrected chi connectivity index (χ2v) is 7.00. The fourth-order valence-electron chi connectivity index (χ4n) is 4.32. The Morgan fingerprint density at radius 3 is 2.56 bits per heavy atom. The van der Waals surface area contributed by atoms with Crippen molar-refractivity contribution in [2.24, 2.45) is 11.8 Å². The molecule has 1 aromatic heterocycles. The molecule has 2 aliphatic heterocycles. The number of likely N-dealkylation sites (tertiary alicyclic amines) is 1. The van der Waals surface area contributed by atoms with Crippen LogP contribution in [0.15, 0.2) is 36.7 Å². The summed E-state index contributed by atoms with van der Waals surface area (Å²) in [6, 6.07) is 8.35. The maximum absolute atomic E-state index is 13.1. The Hall–Kier alpha value is -2.50. The van der Waals surface area contributed by atoms with E-state index in [1.807, 2.05) is 17.0 Å². The van der Waals surface area contributed by atoms with Crippen molar-refractivity contribution in [3.05, 3.63) is 53.6 Å². The highest BCUT2D eigenvalue weighted by Crippen LogP contribution is 2.46. The van der Waals surface area contributed by atoms with Crippen LogP contribution in [0.4, 0.5) is 10.3 Å². The molecule has 4 rings (SSSR count). The standard InChI is InChI=1S/C19H21FN4O/c1-12-5-3-4-6-16(12)18-17-11-23(19-21-7-15(20)8-22-19)9-14(17)10-24(18)13(2)25/h3-8,14,17-18H,9-11H2,1-2H3/t14-,17-,18+/m1/s1. The van der Waals surface area contributed by atoms with Crippen molar-refractivity contribution < 1.29 is 9.18 Å². The number of rotatable bonds is 2. The number of hydrogen-bond donors (Lipinski definition) is 0. The SMILES string of the molecule is CC(=O)N1C[C@H]2CN(c3ncc(F)cn3)C[C@H]2[C@@H]1c1ccccc1C. The molecule has 0 radical (unpaired) electrons. The van der Waals surface area contributed by atoms with Crippen LogP contribution < -0.4 is 4.90 Å². The molecular weight excluding hydrogens is 319 g/mol. The van der Waals surface area contributed by atoms with Gasteiger partial charge in [-0.3, -0.25) is 4.79 Å². The van der Waals surface area contributed by atoms with E-state index in [9.17, 15) is 9.18 Å². The molecule has 0 N–H and O–H groups in total. The van der Waals surface area contributed by atoms with E-state index >= 15 is 0 Å². The first-order valence-electron chi connectivity index (χ1n) is 8.60. The van der Waals surface area contributed by atoms with Crippen LogP contribution in [0.5, 0.6) is 0 Å². The predicted molar refractivity (Wildman–Crippen MR) is 92.5 cm³/mol. The third kappa shape index (κ3) is 2.75. The monoisotopic (exact) mass is 340 g/mol. The molecule has 3 atom stereocenters. The quantitative estimate of drug-likeness (QED) is 0.843. The van der Waals surface area contributed by atoms with E-state index in [4.69, 9.17) is 0 Å². The number of halogens is 1. The maximum atomic E-state index is 13.1. The Bertz CT molecular complexity index is 794. The first-order chi connectivity index (χ1) is 12.0. The highest BCUT2D eigenvalue weighted by molar-refractivity contribution is 5.74. The number of carbonyl (C=O) groups excluding carboxylic acids is 1. The Labute approximate surface area is 146 Å². The van der Waals surface area contributed by atoms with Crippen LogP contribution in [0.1, 0.15) is 24.1 Å². The Balaban J connectivity index is 1.64. The highest BCUT2D eigenvalue weighted by atomic mass is 19.1. The number of aryl methyl sites for hydroxylation is 1. The van der Waals surface area contributed by atoms with Gasteiger partial charge in [0.15, 0.2) is 5.82 Å². The summed E-state index contributed by atoms with van der Waals surface area (Å²) in [6.07, 6.45) is 2.41. The normalized spacial score (nSPS) is 25.3. The number of carbonyl (C=O) groups is 1. The third-order valence-corrected chi connectivity index (χ3v) is 5.47. The Kier molecular flexibility index (Phi) is 3.90. The summed E-state index contributed by atoms with van der Waals surface area (Å²) in [5.74, 6) is 0.963. The minimum absolute atomic E-state index is 0.0779. The van der Waals surface area contributed by atoms with Gasteiger partial charge in [-0.05, 0) is 18.1 Å². The van der Waals surface area contributed by atoms with E-state index in [1.165, 1.54) is 23.5 Å². The molecule has 2 fully saturated rings. The fourth-order valence-corrected chi connectivity index (χ4v) is 4.32. The van der Waals surface area contributed by atoms with Crippen LogP contribution in [-0.2, 0) is 4.79 Å². The lowest BCUT2D eigenvalue weighted by atomic mass is 9.87. The molecule has 0 spiro atoms. The number of nitrogens with zero attached hydrogens (tertiary/aromatic N) is 4. The molecule has 1 aromatic carbocycles. The van der Waals surface area contributed by atoms with Gasteiger partial charge in [-0.1, -0.05) is 24.3 Å². The van der Waals surface area contributed by atoms with Crippen molar-refractivity contribution in [2.45, 2.75) is 19.9 Å². The second kappa shape index (κ2) is 6.10. The average molecular weight is 340 g/mol. The van der Waals surface area contributed by atoms with Gasteiger partial charge < -0.3 is 9.80 Å². The second-order valence-electron chi connectivity index (χ2n) is 7.00. The van der Waals surface area contributed by atoms with Gasteiger partial charge in [-0.15, -0.1) is 0 Å². The summed E-state index contributed by atoms with van der Waals surface area (Å²) >= 11 is 0. The van der Waals surface area contributed by atoms with Crippen molar-refractivity contribution in [3.8, 4) is 0 Å². The molecule has 2 saturated heterocycles. The van der Waals surface area contributed by atoms with Crippen molar-refractivity contribution in [1.82, 2.24) is 14.9 Å². The van der Waals surface area contributed by atoms with Gasteiger partial charge in [-0.2, -0.15) is 0 Å². The molecule has 25 heavy (non-hydrogen) atoms. The van der Waals surface area contributed by atoms with Gasteiger partial charge in [0, 0.05) is 38.4 Å². The Morgan fingerprint density at radius 2 is 1.88 bits per heavy atom. The molecule has 0 saturated carbocycles. The summed E-state index contributed by atoms with van der Waals surface area (Å²) in [5, 5.41) is 0. The summed E-state index contributed by atoms with van der Waals surface area (Å²) < 4.78 is 13.1. The van der Waals surface area contributed by atoms with E-state index < -0.39 is 5.82 Å². The van der Waals surface area contributed by atoms with Crippen LogP contribution in [-0.4, -0.2) is 40.4 Å². The minimum atomic E-state index is -0.427. The van der Waals surface area contributed by atoms with Crippen LogP contribution in [0.2, 0.25) is 0 Å². The average Bonchev–Trinajstić information content (AvgIpc) is 3.14.